The van der Waals surface area contributed by atoms with Crippen LogP contribution in [0.4, 0.5) is 0 Å². The van der Waals surface area contributed by atoms with Crippen LogP contribution in [0, 0.1) is 6.92 Å². The zero-order valence-corrected chi connectivity index (χ0v) is 6.66. The Morgan fingerprint density at radius 1 is 1.45 bits per heavy atom. The molecule has 1 fully saturated rings. The Balaban J connectivity index is 2.33. The number of rotatable bonds is 1. The number of ether oxygens (including phenoxy) is 1. The molecule has 2 rings (SSSR count). The Morgan fingerprint density at radius 2 is 2.00 bits per heavy atom. The van der Waals surface area contributed by atoms with Gasteiger partial charge in [0.05, 0.1) is 6.61 Å². The van der Waals surface area contributed by atoms with Crippen LogP contribution in [0.5, 0.6) is 0 Å². The standard InChI is InChI=1S/C8H10N2O/c1-6-9-3-7(4-10-6)8(2)5-11-8/h3-4H,5H2,1-2H3. The molecule has 1 aromatic heterocycles. The third-order valence-corrected chi connectivity index (χ3v) is 1.97. The third-order valence-electron chi connectivity index (χ3n) is 1.97. The Hall–Kier alpha value is -0.960. The fourth-order valence-electron chi connectivity index (χ4n) is 0.941. The van der Waals surface area contributed by atoms with Crippen molar-refractivity contribution in [1.82, 2.24) is 9.97 Å². The van der Waals surface area contributed by atoms with Gasteiger partial charge in [-0.2, -0.15) is 0 Å². The molecule has 0 saturated carbocycles. The SMILES string of the molecule is Cc1ncc(C2(C)CO2)cn1. The van der Waals surface area contributed by atoms with Crippen molar-refractivity contribution in [1.29, 1.82) is 0 Å². The van der Waals surface area contributed by atoms with E-state index in [1.165, 1.54) is 0 Å². The molecule has 0 aliphatic carbocycles. The van der Waals surface area contributed by atoms with Crippen LogP contribution in [-0.2, 0) is 10.3 Å². The van der Waals surface area contributed by atoms with Gasteiger partial charge in [-0.25, -0.2) is 9.97 Å². The molecule has 2 heterocycles. The van der Waals surface area contributed by atoms with Gasteiger partial charge in [-0.05, 0) is 13.8 Å². The summed E-state index contributed by atoms with van der Waals surface area (Å²) in [7, 11) is 0. The van der Waals surface area contributed by atoms with Crippen molar-refractivity contribution in [3.05, 3.63) is 23.8 Å². The zero-order valence-electron chi connectivity index (χ0n) is 6.66. The number of hydrogen-bond donors (Lipinski definition) is 0. The highest BCUT2D eigenvalue weighted by Gasteiger charge is 2.41. The molecular weight excluding hydrogens is 140 g/mol. The van der Waals surface area contributed by atoms with Crippen molar-refractivity contribution in [3.63, 3.8) is 0 Å². The lowest BCUT2D eigenvalue weighted by Gasteiger charge is -2.02. The van der Waals surface area contributed by atoms with Gasteiger partial charge in [-0.3, -0.25) is 0 Å². The van der Waals surface area contributed by atoms with Gasteiger partial charge >= 0.3 is 0 Å². The normalized spacial score (nSPS) is 28.5. The molecule has 58 valence electrons. The van der Waals surface area contributed by atoms with E-state index in [2.05, 4.69) is 9.97 Å². The molecule has 1 saturated heterocycles. The lowest BCUT2D eigenvalue weighted by Crippen LogP contribution is -2.03. The Morgan fingerprint density at radius 3 is 2.45 bits per heavy atom. The summed E-state index contributed by atoms with van der Waals surface area (Å²) >= 11 is 0. The molecule has 3 heteroatoms. The van der Waals surface area contributed by atoms with Gasteiger partial charge in [0.15, 0.2) is 0 Å². The summed E-state index contributed by atoms with van der Waals surface area (Å²) in [4.78, 5) is 8.19. The highest BCUT2D eigenvalue weighted by molar-refractivity contribution is 5.19. The first kappa shape index (κ1) is 6.73. The number of hydrogen-bond acceptors (Lipinski definition) is 3. The van der Waals surface area contributed by atoms with Crippen LogP contribution in [0.1, 0.15) is 18.3 Å². The van der Waals surface area contributed by atoms with Crippen LogP contribution in [0.15, 0.2) is 12.4 Å². The molecule has 11 heavy (non-hydrogen) atoms. The number of epoxide rings is 1. The van der Waals surface area contributed by atoms with Crippen molar-refractivity contribution >= 4 is 0 Å². The third kappa shape index (κ3) is 1.12. The van der Waals surface area contributed by atoms with Crippen molar-refractivity contribution < 1.29 is 4.74 Å². The fraction of sp³-hybridized carbons (Fsp3) is 0.500. The Bertz CT molecular complexity index is 264. The minimum atomic E-state index is -0.0896. The fourth-order valence-corrected chi connectivity index (χ4v) is 0.941. The van der Waals surface area contributed by atoms with Crippen LogP contribution in [-0.4, -0.2) is 16.6 Å². The number of aryl methyl sites for hydroxylation is 1. The van der Waals surface area contributed by atoms with Gasteiger partial charge in [0, 0.05) is 18.0 Å². The van der Waals surface area contributed by atoms with Gasteiger partial charge in [-0.1, -0.05) is 0 Å². The quantitative estimate of drug-likeness (QED) is 0.561. The van der Waals surface area contributed by atoms with E-state index in [0.29, 0.717) is 0 Å². The number of aromatic nitrogens is 2. The maximum Gasteiger partial charge on any atom is 0.125 e. The van der Waals surface area contributed by atoms with Crippen LogP contribution in [0.2, 0.25) is 0 Å². The Labute approximate surface area is 65.4 Å². The lowest BCUT2D eigenvalue weighted by molar-refractivity contribution is 0.328. The molecular formula is C8H10N2O. The van der Waals surface area contributed by atoms with Crippen molar-refractivity contribution in [2.75, 3.05) is 6.61 Å². The average molecular weight is 150 g/mol. The molecule has 0 bridgehead atoms. The summed E-state index contributed by atoms with van der Waals surface area (Å²) in [5, 5.41) is 0. The molecule has 1 unspecified atom stereocenters. The molecule has 0 spiro atoms. The topological polar surface area (TPSA) is 38.3 Å². The van der Waals surface area contributed by atoms with Crippen LogP contribution in [0.3, 0.4) is 0 Å². The van der Waals surface area contributed by atoms with Crippen molar-refractivity contribution in [3.8, 4) is 0 Å². The van der Waals surface area contributed by atoms with Crippen LogP contribution >= 0.6 is 0 Å². The molecule has 3 nitrogen and oxygen atoms in total. The summed E-state index contributed by atoms with van der Waals surface area (Å²) in [6.07, 6.45) is 3.66. The minimum Gasteiger partial charge on any atom is -0.365 e. The first-order valence-corrected chi connectivity index (χ1v) is 3.64. The molecule has 0 amide bonds. The van der Waals surface area contributed by atoms with Crippen molar-refractivity contribution in [2.24, 2.45) is 0 Å². The van der Waals surface area contributed by atoms with Crippen molar-refractivity contribution in [2.45, 2.75) is 19.4 Å². The predicted molar refractivity (Wildman–Crippen MR) is 40.1 cm³/mol. The van der Waals surface area contributed by atoms with Gasteiger partial charge in [-0.15, -0.1) is 0 Å². The van der Waals surface area contributed by atoms with E-state index in [1.54, 1.807) is 0 Å². The highest BCUT2D eigenvalue weighted by atomic mass is 16.6. The maximum atomic E-state index is 5.24. The van der Waals surface area contributed by atoms with Crippen LogP contribution < -0.4 is 0 Å². The summed E-state index contributed by atoms with van der Waals surface area (Å²) in [5.41, 5.74) is 0.983. The first-order valence-electron chi connectivity index (χ1n) is 3.64. The average Bonchev–Trinajstić information content (AvgIpc) is 2.70. The monoisotopic (exact) mass is 150 g/mol. The second-order valence-electron chi connectivity index (χ2n) is 3.04. The van der Waals surface area contributed by atoms with E-state index in [-0.39, 0.29) is 5.60 Å². The van der Waals surface area contributed by atoms with Crippen LogP contribution in [0.25, 0.3) is 0 Å². The number of nitrogens with zero attached hydrogens (tertiary/aromatic N) is 2. The van der Waals surface area contributed by atoms with Gasteiger partial charge in [0.25, 0.3) is 0 Å². The molecule has 0 N–H and O–H groups in total. The zero-order chi connectivity index (χ0) is 7.90. The maximum absolute atomic E-state index is 5.24. The summed E-state index contributed by atoms with van der Waals surface area (Å²) in [6.45, 7) is 4.71. The van der Waals surface area contributed by atoms with Gasteiger partial charge in [0.2, 0.25) is 0 Å². The van der Waals surface area contributed by atoms with E-state index < -0.39 is 0 Å². The van der Waals surface area contributed by atoms with E-state index >= 15 is 0 Å². The summed E-state index contributed by atoms with van der Waals surface area (Å²) in [5.74, 6) is 0.804. The lowest BCUT2D eigenvalue weighted by atomic mass is 10.1. The molecule has 1 atom stereocenters. The largest absolute Gasteiger partial charge is 0.365 e. The molecule has 0 radical (unpaired) electrons. The highest BCUT2D eigenvalue weighted by Crippen LogP contribution is 2.36. The second-order valence-corrected chi connectivity index (χ2v) is 3.04. The van der Waals surface area contributed by atoms with E-state index in [9.17, 15) is 0 Å². The smallest absolute Gasteiger partial charge is 0.125 e. The van der Waals surface area contributed by atoms with Gasteiger partial charge < -0.3 is 4.74 Å². The molecule has 1 aromatic rings. The molecule has 0 aromatic carbocycles. The summed E-state index contributed by atoms with van der Waals surface area (Å²) in [6, 6.07) is 0. The predicted octanol–water partition coefficient (Wildman–Crippen LogP) is 1.03. The van der Waals surface area contributed by atoms with E-state index in [4.69, 9.17) is 4.74 Å². The first-order chi connectivity index (χ1) is 5.21. The van der Waals surface area contributed by atoms with E-state index in [1.807, 2.05) is 26.2 Å². The Kier molecular flexibility index (Phi) is 1.23. The minimum absolute atomic E-state index is 0.0896. The van der Waals surface area contributed by atoms with E-state index in [0.717, 1.165) is 18.0 Å². The van der Waals surface area contributed by atoms with Gasteiger partial charge in [0.1, 0.15) is 11.4 Å². The second kappa shape index (κ2) is 2.01. The molecule has 1 aliphatic heterocycles. The molecule has 1 aliphatic rings. The summed E-state index contributed by atoms with van der Waals surface area (Å²) < 4.78 is 5.24.